The monoisotopic (exact) mass is 312 g/mol. The molecule has 0 saturated heterocycles. The van der Waals surface area contributed by atoms with Crippen molar-refractivity contribution in [3.63, 3.8) is 0 Å². The maximum atomic E-state index is 11.6. The molecule has 1 aromatic heterocycles. The van der Waals surface area contributed by atoms with Crippen molar-refractivity contribution in [1.29, 1.82) is 0 Å². The van der Waals surface area contributed by atoms with Crippen LogP contribution in [0.25, 0.3) is 20.8 Å². The summed E-state index contributed by atoms with van der Waals surface area (Å²) in [6.45, 7) is 1.95. The molecule has 4 nitrogen and oxygen atoms in total. The highest BCUT2D eigenvalue weighted by Crippen LogP contribution is 2.36. The van der Waals surface area contributed by atoms with Gasteiger partial charge in [0.2, 0.25) is 5.91 Å². The Morgan fingerprint density at radius 2 is 2.09 bits per heavy atom. The molecule has 0 spiro atoms. The zero-order valence-electron chi connectivity index (χ0n) is 12.2. The van der Waals surface area contributed by atoms with Gasteiger partial charge >= 0.3 is 0 Å². The number of benzene rings is 2. The number of aromatic hydroxyl groups is 1. The van der Waals surface area contributed by atoms with E-state index in [0.29, 0.717) is 17.7 Å². The molecule has 2 aromatic carbocycles. The van der Waals surface area contributed by atoms with E-state index in [2.05, 4.69) is 10.3 Å². The lowest BCUT2D eigenvalue weighted by Gasteiger charge is -2.07. The van der Waals surface area contributed by atoms with Crippen LogP contribution in [-0.2, 0) is 4.79 Å². The fraction of sp³-hybridized carbons (Fsp3) is 0.176. The van der Waals surface area contributed by atoms with Crippen LogP contribution in [-0.4, -0.2) is 16.0 Å². The minimum Gasteiger partial charge on any atom is -0.507 e. The minimum absolute atomic E-state index is 0.0466. The molecule has 1 amide bonds. The first-order valence-electron chi connectivity index (χ1n) is 7.16. The van der Waals surface area contributed by atoms with Crippen LogP contribution in [0.5, 0.6) is 5.75 Å². The summed E-state index contributed by atoms with van der Waals surface area (Å²) in [5, 5.41) is 13.8. The van der Waals surface area contributed by atoms with E-state index < -0.39 is 0 Å². The third-order valence-electron chi connectivity index (χ3n) is 3.28. The van der Waals surface area contributed by atoms with E-state index in [-0.39, 0.29) is 11.7 Å². The number of carbonyl (C=O) groups is 1. The number of para-hydroxylation sites is 1. The molecule has 2 N–H and O–H groups in total. The molecule has 0 aliphatic carbocycles. The molecule has 0 aliphatic heterocycles. The lowest BCUT2D eigenvalue weighted by Crippen LogP contribution is -2.10. The van der Waals surface area contributed by atoms with Crippen LogP contribution in [0.2, 0.25) is 0 Å². The average Bonchev–Trinajstić information content (AvgIpc) is 2.91. The predicted octanol–water partition coefficient (Wildman–Crippen LogP) is 4.41. The molecule has 0 radical (unpaired) electrons. The molecule has 0 atom stereocenters. The van der Waals surface area contributed by atoms with Crippen LogP contribution in [0.3, 0.4) is 0 Å². The van der Waals surface area contributed by atoms with E-state index in [0.717, 1.165) is 21.6 Å². The SMILES string of the molecule is CCCC(=O)Nc1ccc(-c2nc3ccccc3s2)c(O)c1. The number of anilines is 1. The van der Waals surface area contributed by atoms with Gasteiger partial charge in [0.15, 0.2) is 0 Å². The molecule has 3 rings (SSSR count). The Labute approximate surface area is 132 Å². The van der Waals surface area contributed by atoms with Crippen molar-refractivity contribution in [1.82, 2.24) is 4.98 Å². The topological polar surface area (TPSA) is 62.2 Å². The molecule has 0 aliphatic rings. The van der Waals surface area contributed by atoms with Crippen molar-refractivity contribution in [2.75, 3.05) is 5.32 Å². The van der Waals surface area contributed by atoms with Crippen molar-refractivity contribution >= 4 is 33.1 Å². The van der Waals surface area contributed by atoms with Gasteiger partial charge in [-0.1, -0.05) is 19.1 Å². The number of hydrogen-bond acceptors (Lipinski definition) is 4. The number of amides is 1. The van der Waals surface area contributed by atoms with E-state index >= 15 is 0 Å². The van der Waals surface area contributed by atoms with Crippen molar-refractivity contribution in [3.8, 4) is 16.3 Å². The van der Waals surface area contributed by atoms with Gasteiger partial charge in [-0.3, -0.25) is 4.79 Å². The van der Waals surface area contributed by atoms with Crippen LogP contribution in [0.15, 0.2) is 42.5 Å². The van der Waals surface area contributed by atoms with Gasteiger partial charge in [-0.25, -0.2) is 4.98 Å². The second kappa shape index (κ2) is 6.15. The summed E-state index contributed by atoms with van der Waals surface area (Å²) in [6.07, 6.45) is 1.27. The summed E-state index contributed by atoms with van der Waals surface area (Å²) in [5.74, 6) is 0.0722. The Morgan fingerprint density at radius 1 is 1.27 bits per heavy atom. The normalized spacial score (nSPS) is 10.8. The number of thiazole rings is 1. The fourth-order valence-corrected chi connectivity index (χ4v) is 3.23. The van der Waals surface area contributed by atoms with Crippen LogP contribution in [0.4, 0.5) is 5.69 Å². The lowest BCUT2D eigenvalue weighted by molar-refractivity contribution is -0.116. The summed E-state index contributed by atoms with van der Waals surface area (Å²) < 4.78 is 1.08. The van der Waals surface area contributed by atoms with Crippen LogP contribution in [0, 0.1) is 0 Å². The maximum absolute atomic E-state index is 11.6. The highest BCUT2D eigenvalue weighted by molar-refractivity contribution is 7.21. The summed E-state index contributed by atoms with van der Waals surface area (Å²) in [5.41, 5.74) is 2.19. The van der Waals surface area contributed by atoms with Gasteiger partial charge in [-0.05, 0) is 30.7 Å². The number of carbonyl (C=O) groups excluding carboxylic acids is 1. The van der Waals surface area contributed by atoms with E-state index in [9.17, 15) is 9.90 Å². The molecule has 0 unspecified atom stereocenters. The number of phenolic OH excluding ortho intramolecular Hbond substituents is 1. The van der Waals surface area contributed by atoms with E-state index in [1.54, 1.807) is 18.2 Å². The second-order valence-electron chi connectivity index (χ2n) is 5.02. The fourth-order valence-electron chi connectivity index (χ4n) is 2.23. The van der Waals surface area contributed by atoms with E-state index in [1.807, 2.05) is 31.2 Å². The van der Waals surface area contributed by atoms with Gasteiger partial charge in [0.1, 0.15) is 10.8 Å². The van der Waals surface area contributed by atoms with Crippen LogP contribution in [0.1, 0.15) is 19.8 Å². The van der Waals surface area contributed by atoms with Crippen molar-refractivity contribution < 1.29 is 9.90 Å². The van der Waals surface area contributed by atoms with Gasteiger partial charge in [0, 0.05) is 18.2 Å². The quantitative estimate of drug-likeness (QED) is 0.750. The Balaban J connectivity index is 1.90. The number of aromatic nitrogens is 1. The Kier molecular flexibility index (Phi) is 4.06. The van der Waals surface area contributed by atoms with Gasteiger partial charge in [0.05, 0.1) is 15.8 Å². The molecule has 0 bridgehead atoms. The summed E-state index contributed by atoms with van der Waals surface area (Å²) >= 11 is 1.53. The van der Waals surface area contributed by atoms with E-state index in [4.69, 9.17) is 0 Å². The average molecular weight is 312 g/mol. The molecular weight excluding hydrogens is 296 g/mol. The Hall–Kier alpha value is -2.40. The maximum Gasteiger partial charge on any atom is 0.224 e. The molecule has 22 heavy (non-hydrogen) atoms. The molecule has 3 aromatic rings. The Bertz CT molecular complexity index is 793. The van der Waals surface area contributed by atoms with Crippen molar-refractivity contribution in [2.24, 2.45) is 0 Å². The predicted molar refractivity (Wildman–Crippen MR) is 90.3 cm³/mol. The molecule has 5 heteroatoms. The first-order valence-corrected chi connectivity index (χ1v) is 7.98. The van der Waals surface area contributed by atoms with Crippen LogP contribution >= 0.6 is 11.3 Å². The highest BCUT2D eigenvalue weighted by Gasteiger charge is 2.11. The summed E-state index contributed by atoms with van der Waals surface area (Å²) in [6, 6.07) is 13.0. The van der Waals surface area contributed by atoms with Gasteiger partial charge in [-0.15, -0.1) is 11.3 Å². The van der Waals surface area contributed by atoms with Gasteiger partial charge in [-0.2, -0.15) is 0 Å². The highest BCUT2D eigenvalue weighted by atomic mass is 32.1. The first-order chi connectivity index (χ1) is 10.7. The molecule has 0 saturated carbocycles. The smallest absolute Gasteiger partial charge is 0.224 e. The number of hydrogen-bond donors (Lipinski definition) is 2. The van der Waals surface area contributed by atoms with Crippen molar-refractivity contribution in [2.45, 2.75) is 19.8 Å². The minimum atomic E-state index is -0.0466. The molecule has 1 heterocycles. The molecular formula is C17H16N2O2S. The number of rotatable bonds is 4. The molecule has 112 valence electrons. The largest absolute Gasteiger partial charge is 0.507 e. The summed E-state index contributed by atoms with van der Waals surface area (Å²) in [4.78, 5) is 16.1. The number of nitrogens with one attached hydrogen (secondary N) is 1. The zero-order chi connectivity index (χ0) is 15.5. The van der Waals surface area contributed by atoms with Crippen molar-refractivity contribution in [3.05, 3.63) is 42.5 Å². The third kappa shape index (κ3) is 2.94. The second-order valence-corrected chi connectivity index (χ2v) is 6.05. The molecule has 0 fully saturated rings. The third-order valence-corrected chi connectivity index (χ3v) is 4.35. The van der Waals surface area contributed by atoms with Crippen LogP contribution < -0.4 is 5.32 Å². The number of nitrogens with zero attached hydrogens (tertiary/aromatic N) is 1. The first kappa shape index (κ1) is 14.5. The van der Waals surface area contributed by atoms with E-state index in [1.165, 1.54) is 11.3 Å². The number of phenols is 1. The standard InChI is InChI=1S/C17H16N2O2S/c1-2-5-16(21)18-11-8-9-12(14(20)10-11)17-19-13-6-3-4-7-15(13)22-17/h3-4,6-10,20H,2,5H2,1H3,(H,18,21). The summed E-state index contributed by atoms with van der Waals surface area (Å²) in [7, 11) is 0. The lowest BCUT2D eigenvalue weighted by atomic mass is 10.2. The van der Waals surface area contributed by atoms with Gasteiger partial charge in [0.25, 0.3) is 0 Å². The number of fused-ring (bicyclic) bond motifs is 1. The Morgan fingerprint density at radius 3 is 2.82 bits per heavy atom. The van der Waals surface area contributed by atoms with Gasteiger partial charge < -0.3 is 10.4 Å². The zero-order valence-corrected chi connectivity index (χ0v) is 13.0.